The van der Waals surface area contributed by atoms with Gasteiger partial charge in [-0.15, -0.1) is 0 Å². The van der Waals surface area contributed by atoms with E-state index in [0.717, 1.165) is 12.1 Å². The van der Waals surface area contributed by atoms with E-state index in [0.29, 0.717) is 0 Å². The fourth-order valence-electron chi connectivity index (χ4n) is 1.18. The van der Waals surface area contributed by atoms with Crippen molar-refractivity contribution in [2.24, 2.45) is 0 Å². The zero-order valence-corrected chi connectivity index (χ0v) is 8.05. The zero-order valence-electron chi connectivity index (χ0n) is 7.30. The maximum atomic E-state index is 13.4. The van der Waals surface area contributed by atoms with Gasteiger partial charge in [-0.1, -0.05) is 16.8 Å². The van der Waals surface area contributed by atoms with Gasteiger partial charge in [-0.3, -0.25) is 0 Å². The summed E-state index contributed by atoms with van der Waals surface area (Å²) in [5.74, 6) is -1.66. The molecule has 0 amide bonds. The van der Waals surface area contributed by atoms with Crippen molar-refractivity contribution in [3.63, 3.8) is 0 Å². The van der Waals surface area contributed by atoms with Crippen LogP contribution in [0, 0.1) is 11.6 Å². The smallest absolute Gasteiger partial charge is 0.174 e. The van der Waals surface area contributed by atoms with Gasteiger partial charge in [0.1, 0.15) is 11.6 Å². The lowest BCUT2D eigenvalue weighted by atomic mass is 10.1. The molecule has 0 spiro atoms. The maximum Gasteiger partial charge on any atom is 0.174 e. The molecule has 0 aliphatic rings. The summed E-state index contributed by atoms with van der Waals surface area (Å²) >= 11 is 5.46. The number of nitrogens with two attached hydrogens (primary N) is 1. The first kappa shape index (κ1) is 9.92. The van der Waals surface area contributed by atoms with E-state index in [4.69, 9.17) is 17.3 Å². The Morgan fingerprint density at radius 1 is 1.20 bits per heavy atom. The number of rotatable bonds is 1. The Morgan fingerprint density at radius 2 is 1.80 bits per heavy atom. The van der Waals surface area contributed by atoms with Crippen molar-refractivity contribution in [1.29, 1.82) is 0 Å². The van der Waals surface area contributed by atoms with Crippen molar-refractivity contribution in [2.45, 2.75) is 0 Å². The van der Waals surface area contributed by atoms with Gasteiger partial charge in [0.25, 0.3) is 0 Å². The molecule has 0 aliphatic carbocycles. The molecule has 0 bridgehead atoms. The van der Waals surface area contributed by atoms with Gasteiger partial charge in [-0.2, -0.15) is 0 Å². The highest BCUT2D eigenvalue weighted by atomic mass is 35.5. The molecule has 0 atom stereocenters. The number of hydrogen-bond acceptors (Lipinski definition) is 3. The zero-order chi connectivity index (χ0) is 11.0. The van der Waals surface area contributed by atoms with E-state index in [1.165, 1.54) is 6.07 Å². The van der Waals surface area contributed by atoms with E-state index in [-0.39, 0.29) is 22.2 Å². The van der Waals surface area contributed by atoms with Gasteiger partial charge in [0.15, 0.2) is 11.6 Å². The van der Waals surface area contributed by atoms with Gasteiger partial charge in [-0.25, -0.2) is 8.78 Å². The molecule has 2 N–H and O–H groups in total. The van der Waals surface area contributed by atoms with Crippen LogP contribution in [0.3, 0.4) is 0 Å². The van der Waals surface area contributed by atoms with Gasteiger partial charge in [0, 0.05) is 11.1 Å². The Labute approximate surface area is 88.4 Å². The molecule has 0 saturated carbocycles. The normalized spacial score (nSPS) is 10.6. The Bertz CT molecular complexity index is 490. The molecule has 6 heteroatoms. The molecule has 2 aromatic rings. The van der Waals surface area contributed by atoms with Gasteiger partial charge in [-0.05, 0) is 12.1 Å². The van der Waals surface area contributed by atoms with Crippen molar-refractivity contribution in [3.05, 3.63) is 34.9 Å². The first-order chi connectivity index (χ1) is 7.08. The third-order valence-electron chi connectivity index (χ3n) is 1.78. The SMILES string of the molecule is Nc1cc(-c2c(F)cc(Cl)cc2F)on1. The lowest BCUT2D eigenvalue weighted by molar-refractivity contribution is 0.430. The average Bonchev–Trinajstić information content (AvgIpc) is 2.49. The first-order valence-corrected chi connectivity index (χ1v) is 4.33. The minimum absolute atomic E-state index is 0.0266. The van der Waals surface area contributed by atoms with E-state index in [2.05, 4.69) is 9.68 Å². The number of halogens is 3. The second kappa shape index (κ2) is 3.51. The van der Waals surface area contributed by atoms with Crippen molar-refractivity contribution in [3.8, 4) is 11.3 Å². The average molecular weight is 231 g/mol. The standard InChI is InChI=1S/C9H5ClF2N2O/c10-4-1-5(11)9(6(12)2-4)7-3-8(13)14-15-7/h1-3H,(H2,13,14). The number of hydrogen-bond donors (Lipinski definition) is 1. The van der Waals surface area contributed by atoms with E-state index < -0.39 is 11.6 Å². The summed E-state index contributed by atoms with van der Waals surface area (Å²) in [6.07, 6.45) is 0. The highest BCUT2D eigenvalue weighted by Gasteiger charge is 2.16. The van der Waals surface area contributed by atoms with Crippen LogP contribution in [-0.2, 0) is 0 Å². The Hall–Kier alpha value is -1.62. The van der Waals surface area contributed by atoms with Crippen LogP contribution in [0.15, 0.2) is 22.7 Å². The molecule has 0 radical (unpaired) electrons. The lowest BCUT2D eigenvalue weighted by Crippen LogP contribution is -1.88. The third-order valence-corrected chi connectivity index (χ3v) is 2.00. The summed E-state index contributed by atoms with van der Waals surface area (Å²) in [5.41, 5.74) is 4.94. The van der Waals surface area contributed by atoms with Crippen LogP contribution in [0.25, 0.3) is 11.3 Å². The predicted octanol–water partition coefficient (Wildman–Crippen LogP) is 2.86. The molecule has 2 rings (SSSR count). The fourth-order valence-corrected chi connectivity index (χ4v) is 1.38. The molecule has 0 fully saturated rings. The highest BCUT2D eigenvalue weighted by Crippen LogP contribution is 2.29. The summed E-state index contributed by atoms with van der Waals surface area (Å²) in [5, 5.41) is 3.31. The summed E-state index contributed by atoms with van der Waals surface area (Å²) < 4.78 is 31.4. The number of nitrogen functional groups attached to an aromatic ring is 1. The summed E-state index contributed by atoms with van der Waals surface area (Å²) in [4.78, 5) is 0. The molecular formula is C9H5ClF2N2O. The second-order valence-electron chi connectivity index (χ2n) is 2.86. The van der Waals surface area contributed by atoms with E-state index in [1.807, 2.05) is 0 Å². The van der Waals surface area contributed by atoms with Crippen molar-refractivity contribution in [1.82, 2.24) is 5.16 Å². The van der Waals surface area contributed by atoms with Gasteiger partial charge in [0.2, 0.25) is 0 Å². The largest absolute Gasteiger partial charge is 0.381 e. The molecule has 3 nitrogen and oxygen atoms in total. The Morgan fingerprint density at radius 3 is 2.27 bits per heavy atom. The minimum atomic E-state index is -0.823. The molecule has 1 aromatic heterocycles. The Balaban J connectivity index is 2.62. The monoisotopic (exact) mass is 230 g/mol. The molecule has 1 aromatic carbocycles. The van der Waals surface area contributed by atoms with Crippen LogP contribution < -0.4 is 5.73 Å². The summed E-state index contributed by atoms with van der Waals surface area (Å²) in [7, 11) is 0. The lowest BCUT2D eigenvalue weighted by Gasteiger charge is -2.00. The van der Waals surface area contributed by atoms with Gasteiger partial charge in [0.05, 0.1) is 5.56 Å². The summed E-state index contributed by atoms with van der Waals surface area (Å²) in [6.45, 7) is 0. The van der Waals surface area contributed by atoms with Crippen LogP contribution in [0.2, 0.25) is 5.02 Å². The van der Waals surface area contributed by atoms with Crippen molar-refractivity contribution in [2.75, 3.05) is 5.73 Å². The number of nitrogens with zero attached hydrogens (tertiary/aromatic N) is 1. The quantitative estimate of drug-likeness (QED) is 0.820. The van der Waals surface area contributed by atoms with Gasteiger partial charge < -0.3 is 10.3 Å². The molecule has 15 heavy (non-hydrogen) atoms. The van der Waals surface area contributed by atoms with Crippen molar-refractivity contribution < 1.29 is 13.3 Å². The molecule has 78 valence electrons. The van der Waals surface area contributed by atoms with Crippen LogP contribution in [-0.4, -0.2) is 5.16 Å². The second-order valence-corrected chi connectivity index (χ2v) is 3.30. The molecule has 1 heterocycles. The molecule has 0 saturated heterocycles. The maximum absolute atomic E-state index is 13.4. The van der Waals surface area contributed by atoms with Crippen LogP contribution >= 0.6 is 11.6 Å². The minimum Gasteiger partial charge on any atom is -0.381 e. The van der Waals surface area contributed by atoms with Crippen molar-refractivity contribution >= 4 is 17.4 Å². The highest BCUT2D eigenvalue weighted by molar-refractivity contribution is 6.30. The number of benzene rings is 1. The predicted molar refractivity (Wildman–Crippen MR) is 51.3 cm³/mol. The fraction of sp³-hybridized carbons (Fsp3) is 0. The van der Waals surface area contributed by atoms with Crippen LogP contribution in [0.5, 0.6) is 0 Å². The molecule has 0 aliphatic heterocycles. The molecule has 0 unspecified atom stereocenters. The first-order valence-electron chi connectivity index (χ1n) is 3.95. The Kier molecular flexibility index (Phi) is 2.32. The van der Waals surface area contributed by atoms with E-state index in [9.17, 15) is 8.78 Å². The van der Waals surface area contributed by atoms with E-state index >= 15 is 0 Å². The van der Waals surface area contributed by atoms with Crippen LogP contribution in [0.1, 0.15) is 0 Å². The number of aromatic nitrogens is 1. The van der Waals surface area contributed by atoms with Gasteiger partial charge >= 0.3 is 0 Å². The summed E-state index contributed by atoms with van der Waals surface area (Å²) in [6, 6.07) is 3.20. The third kappa shape index (κ3) is 1.78. The molecular weight excluding hydrogens is 226 g/mol. The topological polar surface area (TPSA) is 52.0 Å². The number of anilines is 1. The van der Waals surface area contributed by atoms with Crippen LogP contribution in [0.4, 0.5) is 14.6 Å². The van der Waals surface area contributed by atoms with E-state index in [1.54, 1.807) is 0 Å².